The molecule has 0 bridgehead atoms. The van der Waals surface area contributed by atoms with Crippen LogP contribution in [-0.2, 0) is 9.59 Å². The molecular formula is C21H29N3O3. The molecule has 0 spiro atoms. The van der Waals surface area contributed by atoms with Gasteiger partial charge in [-0.2, -0.15) is 0 Å². The highest BCUT2D eigenvalue weighted by atomic mass is 16.5. The summed E-state index contributed by atoms with van der Waals surface area (Å²) in [6.07, 6.45) is 8.34. The van der Waals surface area contributed by atoms with Gasteiger partial charge in [-0.3, -0.25) is 9.59 Å². The van der Waals surface area contributed by atoms with Crippen LogP contribution < -0.4 is 10.1 Å². The topological polar surface area (TPSA) is 71.5 Å². The van der Waals surface area contributed by atoms with E-state index in [4.69, 9.17) is 4.74 Å². The van der Waals surface area contributed by atoms with E-state index in [1.165, 1.54) is 6.42 Å². The van der Waals surface area contributed by atoms with Crippen molar-refractivity contribution in [1.82, 2.24) is 9.88 Å². The third kappa shape index (κ3) is 3.30. The minimum absolute atomic E-state index is 0.0234. The van der Waals surface area contributed by atoms with Crippen LogP contribution in [0.1, 0.15) is 58.8 Å². The van der Waals surface area contributed by atoms with Gasteiger partial charge in [-0.25, -0.2) is 4.98 Å². The molecule has 2 aliphatic carbocycles. The van der Waals surface area contributed by atoms with Crippen LogP contribution in [-0.4, -0.2) is 40.9 Å². The monoisotopic (exact) mass is 371 g/mol. The summed E-state index contributed by atoms with van der Waals surface area (Å²) in [6.45, 7) is 5.59. The first-order valence-corrected chi connectivity index (χ1v) is 10.2. The summed E-state index contributed by atoms with van der Waals surface area (Å²) < 4.78 is 5.54. The van der Waals surface area contributed by atoms with Gasteiger partial charge in [-0.15, -0.1) is 0 Å². The Labute approximate surface area is 160 Å². The van der Waals surface area contributed by atoms with Crippen LogP contribution in [0.5, 0.6) is 5.88 Å². The van der Waals surface area contributed by atoms with Crippen LogP contribution in [0.25, 0.3) is 0 Å². The summed E-state index contributed by atoms with van der Waals surface area (Å²) in [5, 5.41) is 3.00. The number of nitrogens with one attached hydrogen (secondary N) is 1. The van der Waals surface area contributed by atoms with Gasteiger partial charge in [0.2, 0.25) is 17.7 Å². The zero-order valence-electron chi connectivity index (χ0n) is 16.3. The van der Waals surface area contributed by atoms with Crippen LogP contribution in [0.15, 0.2) is 18.3 Å². The van der Waals surface area contributed by atoms with E-state index >= 15 is 0 Å². The molecule has 27 heavy (non-hydrogen) atoms. The fraction of sp³-hybridized carbons (Fsp3) is 0.667. The van der Waals surface area contributed by atoms with Crippen molar-refractivity contribution in [2.45, 2.75) is 64.9 Å². The summed E-state index contributed by atoms with van der Waals surface area (Å²) >= 11 is 0. The fourth-order valence-corrected chi connectivity index (χ4v) is 4.49. The molecule has 1 N–H and O–H groups in total. The van der Waals surface area contributed by atoms with E-state index < -0.39 is 10.8 Å². The number of carbonyl (C=O) groups is 2. The molecule has 3 aliphatic rings. The number of pyridine rings is 1. The predicted octanol–water partition coefficient (Wildman–Crippen LogP) is 3.38. The first-order chi connectivity index (χ1) is 13.0. The molecule has 4 rings (SSSR count). The molecule has 2 heterocycles. The molecule has 2 saturated carbocycles. The van der Waals surface area contributed by atoms with Crippen molar-refractivity contribution in [2.24, 2.45) is 10.8 Å². The molecule has 0 atom stereocenters. The maximum Gasteiger partial charge on any atom is 0.231 e. The van der Waals surface area contributed by atoms with Gasteiger partial charge in [0, 0.05) is 19.2 Å². The van der Waals surface area contributed by atoms with E-state index in [1.54, 1.807) is 12.3 Å². The Bertz CT molecular complexity index is 715. The number of ether oxygens (including phenoxy) is 1. The summed E-state index contributed by atoms with van der Waals surface area (Å²) in [6, 6.07) is 3.58. The Morgan fingerprint density at radius 1 is 1.07 bits per heavy atom. The molecular weight excluding hydrogens is 342 g/mol. The predicted molar refractivity (Wildman–Crippen MR) is 102 cm³/mol. The Morgan fingerprint density at radius 2 is 1.74 bits per heavy atom. The number of carbonyl (C=O) groups excluding carboxylic acids is 2. The lowest BCUT2D eigenvalue weighted by atomic mass is 9.82. The molecule has 0 aromatic carbocycles. The van der Waals surface area contributed by atoms with Crippen molar-refractivity contribution in [3.63, 3.8) is 0 Å². The summed E-state index contributed by atoms with van der Waals surface area (Å²) in [7, 11) is 0. The SMILES string of the molecule is CC(C)Oc1ccc(NC(=O)C2(C3(C(=O)N4CCCCC4)CC3)CC2)cn1. The summed E-state index contributed by atoms with van der Waals surface area (Å²) in [5.74, 6) is 0.737. The number of hydrogen-bond donors (Lipinski definition) is 1. The molecule has 0 unspecified atom stereocenters. The van der Waals surface area contributed by atoms with E-state index in [0.29, 0.717) is 11.6 Å². The van der Waals surface area contributed by atoms with Gasteiger partial charge in [0.1, 0.15) is 0 Å². The van der Waals surface area contributed by atoms with Crippen molar-refractivity contribution in [2.75, 3.05) is 18.4 Å². The van der Waals surface area contributed by atoms with E-state index in [2.05, 4.69) is 10.3 Å². The van der Waals surface area contributed by atoms with Gasteiger partial charge in [0.15, 0.2) is 0 Å². The van der Waals surface area contributed by atoms with Crippen molar-refractivity contribution >= 4 is 17.5 Å². The number of hydrogen-bond acceptors (Lipinski definition) is 4. The number of anilines is 1. The number of likely N-dealkylation sites (tertiary alicyclic amines) is 1. The lowest BCUT2D eigenvalue weighted by Gasteiger charge is -2.34. The van der Waals surface area contributed by atoms with Crippen LogP contribution in [0.3, 0.4) is 0 Å². The Balaban J connectivity index is 1.44. The average molecular weight is 371 g/mol. The second-order valence-corrected chi connectivity index (χ2v) is 8.52. The molecule has 1 aliphatic heterocycles. The fourth-order valence-electron chi connectivity index (χ4n) is 4.49. The minimum Gasteiger partial charge on any atom is -0.475 e. The quantitative estimate of drug-likeness (QED) is 0.832. The highest BCUT2D eigenvalue weighted by molar-refractivity contribution is 6.03. The first-order valence-electron chi connectivity index (χ1n) is 10.2. The van der Waals surface area contributed by atoms with Crippen LogP contribution in [0.4, 0.5) is 5.69 Å². The number of aromatic nitrogens is 1. The van der Waals surface area contributed by atoms with Crippen molar-refractivity contribution in [3.8, 4) is 5.88 Å². The van der Waals surface area contributed by atoms with Crippen LogP contribution >= 0.6 is 0 Å². The molecule has 1 aromatic heterocycles. The van der Waals surface area contributed by atoms with Gasteiger partial charge in [-0.1, -0.05) is 0 Å². The maximum atomic E-state index is 13.2. The van der Waals surface area contributed by atoms with E-state index in [-0.39, 0.29) is 17.9 Å². The molecule has 3 fully saturated rings. The zero-order valence-corrected chi connectivity index (χ0v) is 16.3. The maximum absolute atomic E-state index is 13.2. The Morgan fingerprint density at radius 3 is 2.26 bits per heavy atom. The minimum atomic E-state index is -0.519. The highest BCUT2D eigenvalue weighted by Crippen LogP contribution is 2.71. The van der Waals surface area contributed by atoms with Gasteiger partial charge in [0.05, 0.1) is 28.8 Å². The van der Waals surface area contributed by atoms with Gasteiger partial charge < -0.3 is 15.0 Å². The van der Waals surface area contributed by atoms with Crippen molar-refractivity contribution in [1.29, 1.82) is 0 Å². The van der Waals surface area contributed by atoms with Crippen molar-refractivity contribution < 1.29 is 14.3 Å². The molecule has 0 radical (unpaired) electrons. The third-order valence-corrected chi connectivity index (χ3v) is 6.25. The van der Waals surface area contributed by atoms with E-state index in [1.807, 2.05) is 24.8 Å². The number of nitrogens with zero attached hydrogens (tertiary/aromatic N) is 2. The zero-order chi connectivity index (χ0) is 19.1. The molecule has 6 nitrogen and oxygen atoms in total. The van der Waals surface area contributed by atoms with Crippen molar-refractivity contribution in [3.05, 3.63) is 18.3 Å². The number of piperidine rings is 1. The van der Waals surface area contributed by atoms with Gasteiger partial charge in [0.25, 0.3) is 0 Å². The summed E-state index contributed by atoms with van der Waals surface area (Å²) in [4.78, 5) is 32.5. The van der Waals surface area contributed by atoms with E-state index in [0.717, 1.165) is 51.6 Å². The van der Waals surface area contributed by atoms with Gasteiger partial charge >= 0.3 is 0 Å². The average Bonchev–Trinajstić information content (AvgIpc) is 3.55. The number of amides is 2. The normalized spacial score (nSPS) is 22.3. The summed E-state index contributed by atoms with van der Waals surface area (Å²) in [5.41, 5.74) is -0.319. The molecule has 2 amide bonds. The standard InChI is InChI=1S/C21H29N3O3/c1-15(2)27-17-7-6-16(14-22-17)23-18(25)20(8-9-20)21(10-11-21)19(26)24-12-4-3-5-13-24/h6-7,14-15H,3-5,8-13H2,1-2H3,(H,23,25). The van der Waals surface area contributed by atoms with Crippen LogP contribution in [0.2, 0.25) is 0 Å². The second kappa shape index (κ2) is 6.80. The smallest absolute Gasteiger partial charge is 0.231 e. The number of rotatable bonds is 6. The molecule has 146 valence electrons. The first kappa shape index (κ1) is 18.3. The highest BCUT2D eigenvalue weighted by Gasteiger charge is 2.73. The lowest BCUT2D eigenvalue weighted by molar-refractivity contribution is -0.144. The third-order valence-electron chi connectivity index (χ3n) is 6.25. The Kier molecular flexibility index (Phi) is 4.60. The second-order valence-electron chi connectivity index (χ2n) is 8.52. The molecule has 1 aromatic rings. The van der Waals surface area contributed by atoms with Gasteiger partial charge in [-0.05, 0) is 64.9 Å². The molecule has 6 heteroatoms. The Hall–Kier alpha value is -2.11. The molecule has 1 saturated heterocycles. The van der Waals surface area contributed by atoms with Crippen LogP contribution in [0, 0.1) is 10.8 Å². The lowest BCUT2D eigenvalue weighted by Crippen LogP contribution is -2.47. The van der Waals surface area contributed by atoms with E-state index in [9.17, 15) is 9.59 Å². The largest absolute Gasteiger partial charge is 0.475 e.